The van der Waals surface area contributed by atoms with Gasteiger partial charge in [0.25, 0.3) is 0 Å². The van der Waals surface area contributed by atoms with E-state index < -0.39 is 0 Å². The number of anilines is 2. The second-order valence-electron chi connectivity index (χ2n) is 7.92. The molecule has 0 aliphatic carbocycles. The standard InChI is InChI=1S/C23H27N5O/c1-15-10-11-20(21(13-15)24-16(2)29)22-18-8-4-5-9-19(18)23(27-26-22)25-17-7-6-12-28(3)14-17/h4-5,8-11,13,17H,6-7,12,14H2,1-3H3,(H,24,29)(H,25,27)/t17-/m1/s1. The van der Waals surface area contributed by atoms with Crippen molar-refractivity contribution in [2.45, 2.75) is 32.7 Å². The van der Waals surface area contributed by atoms with Crippen LogP contribution in [0.25, 0.3) is 22.0 Å². The Hall–Kier alpha value is -2.99. The van der Waals surface area contributed by atoms with Crippen molar-refractivity contribution < 1.29 is 4.79 Å². The van der Waals surface area contributed by atoms with Crippen molar-refractivity contribution in [3.63, 3.8) is 0 Å². The summed E-state index contributed by atoms with van der Waals surface area (Å²) in [4.78, 5) is 14.1. The number of piperidine rings is 1. The molecule has 0 radical (unpaired) electrons. The molecular weight excluding hydrogens is 362 g/mol. The van der Waals surface area contributed by atoms with Gasteiger partial charge >= 0.3 is 0 Å². The van der Waals surface area contributed by atoms with E-state index >= 15 is 0 Å². The molecule has 1 aliphatic rings. The highest BCUT2D eigenvalue weighted by atomic mass is 16.1. The fourth-order valence-corrected chi connectivity index (χ4v) is 4.04. The predicted molar refractivity (Wildman–Crippen MR) is 118 cm³/mol. The lowest BCUT2D eigenvalue weighted by Gasteiger charge is -2.30. The summed E-state index contributed by atoms with van der Waals surface area (Å²) in [6.07, 6.45) is 2.31. The van der Waals surface area contributed by atoms with E-state index in [9.17, 15) is 4.79 Å². The Morgan fingerprint density at radius 1 is 1.14 bits per heavy atom. The normalized spacial score (nSPS) is 17.3. The number of likely N-dealkylation sites (N-methyl/N-ethyl adjacent to an activating group) is 1. The molecule has 0 spiro atoms. The number of hydrogen-bond donors (Lipinski definition) is 2. The third-order valence-electron chi connectivity index (χ3n) is 5.39. The van der Waals surface area contributed by atoms with Crippen molar-refractivity contribution in [1.82, 2.24) is 15.1 Å². The van der Waals surface area contributed by atoms with Gasteiger partial charge in [0.05, 0.1) is 5.69 Å². The quantitative estimate of drug-likeness (QED) is 0.704. The summed E-state index contributed by atoms with van der Waals surface area (Å²) in [6, 6.07) is 14.5. The Balaban J connectivity index is 1.77. The van der Waals surface area contributed by atoms with E-state index in [0.717, 1.165) is 58.6 Å². The smallest absolute Gasteiger partial charge is 0.221 e. The number of rotatable bonds is 4. The first-order valence-corrected chi connectivity index (χ1v) is 10.1. The van der Waals surface area contributed by atoms with E-state index in [1.165, 1.54) is 13.3 Å². The number of fused-ring (bicyclic) bond motifs is 1. The zero-order chi connectivity index (χ0) is 20.4. The van der Waals surface area contributed by atoms with Crippen LogP contribution in [0.4, 0.5) is 11.5 Å². The molecule has 1 fully saturated rings. The van der Waals surface area contributed by atoms with Gasteiger partial charge in [0.15, 0.2) is 5.82 Å². The lowest BCUT2D eigenvalue weighted by atomic mass is 10.0. The van der Waals surface area contributed by atoms with Gasteiger partial charge in [-0.05, 0) is 45.0 Å². The van der Waals surface area contributed by atoms with Crippen molar-refractivity contribution in [3.8, 4) is 11.3 Å². The van der Waals surface area contributed by atoms with Gasteiger partial charge in [0.1, 0.15) is 5.69 Å². The predicted octanol–water partition coefficient (Wildman–Crippen LogP) is 4.07. The first-order valence-electron chi connectivity index (χ1n) is 10.1. The average Bonchev–Trinajstić information content (AvgIpc) is 2.68. The number of hydrogen-bond acceptors (Lipinski definition) is 5. The third-order valence-corrected chi connectivity index (χ3v) is 5.39. The third kappa shape index (κ3) is 4.22. The fraction of sp³-hybridized carbons (Fsp3) is 0.348. The molecule has 0 unspecified atom stereocenters. The maximum absolute atomic E-state index is 11.7. The highest BCUT2D eigenvalue weighted by Gasteiger charge is 2.20. The molecule has 1 aliphatic heterocycles. The number of benzene rings is 2. The van der Waals surface area contributed by atoms with Crippen LogP contribution < -0.4 is 10.6 Å². The molecule has 150 valence electrons. The van der Waals surface area contributed by atoms with Crippen LogP contribution in [-0.2, 0) is 4.79 Å². The van der Waals surface area contributed by atoms with Gasteiger partial charge in [0.2, 0.25) is 5.91 Å². The maximum atomic E-state index is 11.7. The van der Waals surface area contributed by atoms with Gasteiger partial charge in [-0.25, -0.2) is 0 Å². The van der Waals surface area contributed by atoms with Crippen molar-refractivity contribution >= 4 is 28.2 Å². The fourth-order valence-electron chi connectivity index (χ4n) is 4.04. The number of amides is 1. The molecule has 1 aromatic heterocycles. The summed E-state index contributed by atoms with van der Waals surface area (Å²) in [5, 5.41) is 17.7. The van der Waals surface area contributed by atoms with Crippen LogP contribution in [0.2, 0.25) is 0 Å². The van der Waals surface area contributed by atoms with Crippen molar-refractivity contribution in [2.75, 3.05) is 30.8 Å². The van der Waals surface area contributed by atoms with Gasteiger partial charge in [-0.15, -0.1) is 10.2 Å². The Morgan fingerprint density at radius 3 is 2.69 bits per heavy atom. The van der Waals surface area contributed by atoms with Crippen molar-refractivity contribution in [3.05, 3.63) is 48.0 Å². The van der Waals surface area contributed by atoms with Crippen molar-refractivity contribution in [2.24, 2.45) is 0 Å². The number of aromatic nitrogens is 2. The Morgan fingerprint density at radius 2 is 1.93 bits per heavy atom. The molecule has 3 aromatic rings. The summed E-state index contributed by atoms with van der Waals surface area (Å²) in [7, 11) is 2.15. The van der Waals surface area contributed by atoms with E-state index in [2.05, 4.69) is 44.9 Å². The number of carbonyl (C=O) groups excluding carboxylic acids is 1. The molecule has 29 heavy (non-hydrogen) atoms. The minimum Gasteiger partial charge on any atom is -0.364 e. The first-order chi connectivity index (χ1) is 14.0. The molecule has 0 bridgehead atoms. The molecule has 4 rings (SSSR count). The van der Waals surface area contributed by atoms with E-state index in [4.69, 9.17) is 0 Å². The molecular formula is C23H27N5O. The van der Waals surface area contributed by atoms with Crippen LogP contribution in [-0.4, -0.2) is 47.2 Å². The summed E-state index contributed by atoms with van der Waals surface area (Å²) >= 11 is 0. The number of nitrogens with one attached hydrogen (secondary N) is 2. The highest BCUT2D eigenvalue weighted by molar-refractivity contribution is 6.03. The van der Waals surface area contributed by atoms with Crippen molar-refractivity contribution in [1.29, 1.82) is 0 Å². The van der Waals surface area contributed by atoms with Gasteiger partial charge in [-0.1, -0.05) is 36.4 Å². The average molecular weight is 390 g/mol. The SMILES string of the molecule is CC(=O)Nc1cc(C)ccc1-c1nnc(N[C@@H]2CCCN(C)C2)c2ccccc12. The molecule has 2 N–H and O–H groups in total. The maximum Gasteiger partial charge on any atom is 0.221 e. The van der Waals surface area contributed by atoms with Crippen LogP contribution in [0.15, 0.2) is 42.5 Å². The summed E-state index contributed by atoms with van der Waals surface area (Å²) < 4.78 is 0. The van der Waals surface area contributed by atoms with Gasteiger partial charge < -0.3 is 15.5 Å². The Kier molecular flexibility index (Phi) is 5.45. The molecule has 6 nitrogen and oxygen atoms in total. The summed E-state index contributed by atoms with van der Waals surface area (Å²) in [5.41, 5.74) is 3.48. The molecule has 6 heteroatoms. The van der Waals surface area contributed by atoms with Gasteiger partial charge in [0, 0.05) is 35.8 Å². The van der Waals surface area contributed by atoms with Crippen LogP contribution in [0.5, 0.6) is 0 Å². The van der Waals surface area contributed by atoms with E-state index in [1.807, 2.05) is 37.3 Å². The topological polar surface area (TPSA) is 70.1 Å². The number of likely N-dealkylation sites (tertiary alicyclic amines) is 1. The molecule has 2 aromatic carbocycles. The van der Waals surface area contributed by atoms with Crippen LogP contribution in [0, 0.1) is 6.92 Å². The Labute approximate surface area is 171 Å². The van der Waals surface area contributed by atoms with Crippen LogP contribution >= 0.6 is 0 Å². The van der Waals surface area contributed by atoms with Gasteiger partial charge in [-0.3, -0.25) is 4.79 Å². The molecule has 2 heterocycles. The summed E-state index contributed by atoms with van der Waals surface area (Å²) in [5.74, 6) is 0.714. The largest absolute Gasteiger partial charge is 0.364 e. The zero-order valence-corrected chi connectivity index (χ0v) is 17.2. The summed E-state index contributed by atoms with van der Waals surface area (Å²) in [6.45, 7) is 5.67. The molecule has 1 amide bonds. The number of aryl methyl sites for hydroxylation is 1. The second-order valence-corrected chi connectivity index (χ2v) is 7.92. The van der Waals surface area contributed by atoms with Crippen LogP contribution in [0.3, 0.4) is 0 Å². The highest BCUT2D eigenvalue weighted by Crippen LogP contribution is 2.34. The zero-order valence-electron chi connectivity index (χ0n) is 17.2. The monoisotopic (exact) mass is 389 g/mol. The van der Waals surface area contributed by atoms with Crippen LogP contribution in [0.1, 0.15) is 25.3 Å². The van der Waals surface area contributed by atoms with E-state index in [-0.39, 0.29) is 5.91 Å². The molecule has 1 saturated heterocycles. The minimum absolute atomic E-state index is 0.103. The first kappa shape index (κ1) is 19.3. The second kappa shape index (κ2) is 8.17. The van der Waals surface area contributed by atoms with E-state index in [0.29, 0.717) is 6.04 Å². The number of nitrogens with zero attached hydrogens (tertiary/aromatic N) is 3. The molecule has 0 saturated carbocycles. The number of carbonyl (C=O) groups is 1. The van der Waals surface area contributed by atoms with E-state index in [1.54, 1.807) is 0 Å². The molecule has 1 atom stereocenters. The Bertz CT molecular complexity index is 1050. The lowest BCUT2D eigenvalue weighted by molar-refractivity contribution is -0.114. The van der Waals surface area contributed by atoms with Gasteiger partial charge in [-0.2, -0.15) is 0 Å². The minimum atomic E-state index is -0.103. The lowest BCUT2D eigenvalue weighted by Crippen LogP contribution is -2.40.